The maximum absolute atomic E-state index is 13.1. The molecule has 2 rings (SSSR count). The number of aliphatic hydroxyl groups excluding tert-OH is 1. The monoisotopic (exact) mass is 260 g/mol. The lowest BCUT2D eigenvalue weighted by Gasteiger charge is -2.08. The van der Waals surface area contributed by atoms with E-state index < -0.39 is 0 Å². The normalized spacial score (nSPS) is 9.79. The lowest BCUT2D eigenvalue weighted by molar-refractivity contribution is 0.290. The Kier molecular flexibility index (Phi) is 4.54. The fraction of sp³-hybridized carbons (Fsp3) is 0.214. The summed E-state index contributed by atoms with van der Waals surface area (Å²) in [7, 11) is 0. The van der Waals surface area contributed by atoms with Crippen molar-refractivity contribution < 1.29 is 14.2 Å². The molecule has 1 aromatic carbocycles. The molecule has 0 unspecified atom stereocenters. The molecule has 98 valence electrons. The summed E-state index contributed by atoms with van der Waals surface area (Å²) in [6.45, 7) is 0.724. The number of aliphatic hydroxyl groups is 1. The maximum atomic E-state index is 13.1. The zero-order valence-electron chi connectivity index (χ0n) is 10.2. The van der Waals surface area contributed by atoms with Gasteiger partial charge in [0.25, 0.3) is 0 Å². The number of halogens is 1. The van der Waals surface area contributed by atoms with Crippen molar-refractivity contribution in [1.82, 2.24) is 9.78 Å². The van der Waals surface area contributed by atoms with Crippen molar-refractivity contribution in [2.24, 2.45) is 0 Å². The van der Waals surface area contributed by atoms with Gasteiger partial charge in [0.1, 0.15) is 24.8 Å². The molecule has 1 heterocycles. The van der Waals surface area contributed by atoms with Gasteiger partial charge >= 0.3 is 0 Å². The SMILES string of the molecule is OCC#Cc1cc(F)ccc1OCCn1cccn1. The molecule has 2 aromatic rings. The summed E-state index contributed by atoms with van der Waals surface area (Å²) in [5, 5.41) is 12.7. The predicted octanol–water partition coefficient (Wildman–Crippen LogP) is 1.45. The van der Waals surface area contributed by atoms with Gasteiger partial charge in [0.2, 0.25) is 0 Å². The van der Waals surface area contributed by atoms with Crippen molar-refractivity contribution in [2.75, 3.05) is 13.2 Å². The topological polar surface area (TPSA) is 47.3 Å². The molecular weight excluding hydrogens is 247 g/mol. The van der Waals surface area contributed by atoms with Crippen LogP contribution in [-0.2, 0) is 6.54 Å². The standard InChI is InChI=1S/C14H13FN2O2/c15-13-4-5-14(12(11-13)3-1-9-18)19-10-8-17-7-2-6-16-17/h2,4-7,11,18H,8-10H2. The summed E-state index contributed by atoms with van der Waals surface area (Å²) in [6.07, 6.45) is 3.52. The molecule has 0 bridgehead atoms. The molecule has 0 aliphatic carbocycles. The van der Waals surface area contributed by atoms with Crippen molar-refractivity contribution in [2.45, 2.75) is 6.54 Å². The molecule has 1 aromatic heterocycles. The van der Waals surface area contributed by atoms with Gasteiger partial charge in [-0.1, -0.05) is 11.8 Å². The van der Waals surface area contributed by atoms with Crippen molar-refractivity contribution in [3.8, 4) is 17.6 Å². The summed E-state index contributed by atoms with van der Waals surface area (Å²) < 4.78 is 20.4. The first kappa shape index (κ1) is 13.1. The van der Waals surface area contributed by atoms with Crippen molar-refractivity contribution in [3.05, 3.63) is 48.0 Å². The Hall–Kier alpha value is -2.32. The van der Waals surface area contributed by atoms with Gasteiger partial charge in [-0.2, -0.15) is 5.10 Å². The molecule has 0 amide bonds. The molecule has 0 saturated carbocycles. The van der Waals surface area contributed by atoms with E-state index in [1.54, 1.807) is 10.9 Å². The fourth-order valence-corrected chi connectivity index (χ4v) is 1.54. The van der Waals surface area contributed by atoms with E-state index in [1.807, 2.05) is 12.3 Å². The highest BCUT2D eigenvalue weighted by molar-refractivity contribution is 5.46. The highest BCUT2D eigenvalue weighted by Crippen LogP contribution is 2.18. The van der Waals surface area contributed by atoms with Crippen LogP contribution in [0.1, 0.15) is 5.56 Å². The second-order valence-corrected chi connectivity index (χ2v) is 3.72. The number of aromatic nitrogens is 2. The fourth-order valence-electron chi connectivity index (χ4n) is 1.54. The Morgan fingerprint density at radius 3 is 3.05 bits per heavy atom. The highest BCUT2D eigenvalue weighted by Gasteiger charge is 2.03. The highest BCUT2D eigenvalue weighted by atomic mass is 19.1. The number of nitrogens with zero attached hydrogens (tertiary/aromatic N) is 2. The van der Waals surface area contributed by atoms with Crippen LogP contribution < -0.4 is 4.74 Å². The van der Waals surface area contributed by atoms with Crippen LogP contribution in [-0.4, -0.2) is 28.1 Å². The summed E-state index contributed by atoms with van der Waals surface area (Å²) in [5.74, 6) is 5.25. The van der Waals surface area contributed by atoms with Gasteiger partial charge in [-0.3, -0.25) is 4.68 Å². The van der Waals surface area contributed by atoms with Crippen molar-refractivity contribution in [3.63, 3.8) is 0 Å². The number of hydrogen-bond donors (Lipinski definition) is 1. The van der Waals surface area contributed by atoms with Crippen LogP contribution in [0.5, 0.6) is 5.75 Å². The Bertz CT molecular complexity index is 585. The van der Waals surface area contributed by atoms with E-state index in [-0.39, 0.29) is 12.4 Å². The number of ether oxygens (including phenoxy) is 1. The third-order valence-electron chi connectivity index (χ3n) is 2.38. The Morgan fingerprint density at radius 1 is 1.42 bits per heavy atom. The van der Waals surface area contributed by atoms with Gasteiger partial charge in [-0.15, -0.1) is 0 Å². The molecule has 0 atom stereocenters. The first-order valence-corrected chi connectivity index (χ1v) is 5.79. The Labute approximate surface area is 110 Å². The molecule has 4 nitrogen and oxygen atoms in total. The van der Waals surface area contributed by atoms with Crippen LogP contribution >= 0.6 is 0 Å². The predicted molar refractivity (Wildman–Crippen MR) is 68.1 cm³/mol. The zero-order chi connectivity index (χ0) is 13.5. The second-order valence-electron chi connectivity index (χ2n) is 3.72. The minimum atomic E-state index is -0.387. The molecule has 0 fully saturated rings. The van der Waals surface area contributed by atoms with E-state index in [0.717, 1.165) is 0 Å². The summed E-state index contributed by atoms with van der Waals surface area (Å²) in [6, 6.07) is 5.95. The molecule has 19 heavy (non-hydrogen) atoms. The molecule has 0 aliphatic heterocycles. The Balaban J connectivity index is 2.02. The minimum absolute atomic E-state index is 0.275. The third kappa shape index (κ3) is 3.83. The lowest BCUT2D eigenvalue weighted by Crippen LogP contribution is -2.09. The van der Waals surface area contributed by atoms with Gasteiger partial charge in [-0.05, 0) is 24.3 Å². The second kappa shape index (κ2) is 6.57. The van der Waals surface area contributed by atoms with Crippen LogP contribution in [0.15, 0.2) is 36.7 Å². The van der Waals surface area contributed by atoms with E-state index in [0.29, 0.717) is 24.5 Å². The van der Waals surface area contributed by atoms with Crippen molar-refractivity contribution >= 4 is 0 Å². The quantitative estimate of drug-likeness (QED) is 0.846. The number of rotatable bonds is 4. The first-order chi connectivity index (χ1) is 9.29. The molecule has 0 aliphatic rings. The Morgan fingerprint density at radius 2 is 2.32 bits per heavy atom. The van der Waals surface area contributed by atoms with Gasteiger partial charge in [0, 0.05) is 12.4 Å². The van der Waals surface area contributed by atoms with Crippen LogP contribution in [0.2, 0.25) is 0 Å². The van der Waals surface area contributed by atoms with Crippen LogP contribution in [0.4, 0.5) is 4.39 Å². The molecule has 1 N–H and O–H groups in total. The van der Waals surface area contributed by atoms with E-state index in [4.69, 9.17) is 9.84 Å². The van der Waals surface area contributed by atoms with E-state index >= 15 is 0 Å². The van der Waals surface area contributed by atoms with Gasteiger partial charge in [0.05, 0.1) is 12.1 Å². The first-order valence-electron chi connectivity index (χ1n) is 5.79. The van der Waals surface area contributed by atoms with Gasteiger partial charge in [-0.25, -0.2) is 4.39 Å². The van der Waals surface area contributed by atoms with Gasteiger partial charge in [0.15, 0.2) is 0 Å². The summed E-state index contributed by atoms with van der Waals surface area (Å²) in [5.41, 5.74) is 0.425. The average Bonchev–Trinajstić information content (AvgIpc) is 2.91. The smallest absolute Gasteiger partial charge is 0.135 e. The average molecular weight is 260 g/mol. The summed E-state index contributed by atoms with van der Waals surface area (Å²) in [4.78, 5) is 0. The van der Waals surface area contributed by atoms with Crippen LogP contribution in [0.25, 0.3) is 0 Å². The summed E-state index contributed by atoms with van der Waals surface area (Å²) >= 11 is 0. The zero-order valence-corrected chi connectivity index (χ0v) is 10.2. The largest absolute Gasteiger partial charge is 0.490 e. The molecule has 0 saturated heterocycles. The third-order valence-corrected chi connectivity index (χ3v) is 2.38. The molecule has 0 radical (unpaired) electrons. The lowest BCUT2D eigenvalue weighted by atomic mass is 10.2. The number of benzene rings is 1. The molecule has 0 spiro atoms. The number of hydrogen-bond acceptors (Lipinski definition) is 3. The van der Waals surface area contributed by atoms with Crippen molar-refractivity contribution in [1.29, 1.82) is 0 Å². The van der Waals surface area contributed by atoms with E-state index in [9.17, 15) is 4.39 Å². The molecular formula is C14H13FN2O2. The van der Waals surface area contributed by atoms with Crippen LogP contribution in [0.3, 0.4) is 0 Å². The van der Waals surface area contributed by atoms with E-state index in [2.05, 4.69) is 16.9 Å². The van der Waals surface area contributed by atoms with E-state index in [1.165, 1.54) is 18.2 Å². The van der Waals surface area contributed by atoms with Crippen LogP contribution in [0, 0.1) is 17.7 Å². The minimum Gasteiger partial charge on any atom is -0.490 e. The van der Waals surface area contributed by atoms with Gasteiger partial charge < -0.3 is 9.84 Å². The molecule has 5 heteroatoms. The maximum Gasteiger partial charge on any atom is 0.135 e.